The number of nitrogens with zero attached hydrogens (tertiary/aromatic N) is 2. The number of carboxylic acid groups (broad SMARTS) is 1. The lowest BCUT2D eigenvalue weighted by Gasteiger charge is -2.11. The molecule has 0 aliphatic heterocycles. The summed E-state index contributed by atoms with van der Waals surface area (Å²) in [7, 11) is 1.56. The van der Waals surface area contributed by atoms with Gasteiger partial charge in [0.25, 0.3) is 5.91 Å². The molecule has 116 valence electrons. The monoisotopic (exact) mass is 303 g/mol. The van der Waals surface area contributed by atoms with Crippen LogP contribution in [-0.2, 0) is 11.2 Å². The van der Waals surface area contributed by atoms with Crippen LogP contribution in [-0.4, -0.2) is 40.4 Å². The second kappa shape index (κ2) is 6.75. The number of nitrogens with one attached hydrogen (secondary N) is 1. The molecule has 0 aliphatic carbocycles. The summed E-state index contributed by atoms with van der Waals surface area (Å²) in [4.78, 5) is 22.6. The smallest absolute Gasteiger partial charge is 0.322 e. The van der Waals surface area contributed by atoms with Gasteiger partial charge in [0.1, 0.15) is 18.0 Å². The van der Waals surface area contributed by atoms with Crippen LogP contribution in [0.5, 0.6) is 5.75 Å². The molecule has 0 saturated heterocycles. The number of benzene rings is 1. The molecule has 0 radical (unpaired) electrons. The van der Waals surface area contributed by atoms with Crippen molar-refractivity contribution in [1.82, 2.24) is 15.1 Å². The first-order chi connectivity index (χ1) is 10.6. The van der Waals surface area contributed by atoms with E-state index in [4.69, 9.17) is 9.84 Å². The van der Waals surface area contributed by atoms with Crippen LogP contribution >= 0.6 is 0 Å². The summed E-state index contributed by atoms with van der Waals surface area (Å²) in [5.41, 5.74) is 1.76. The summed E-state index contributed by atoms with van der Waals surface area (Å²) in [5, 5.41) is 15.2. The Morgan fingerprint density at radius 1 is 1.36 bits per heavy atom. The fourth-order valence-electron chi connectivity index (χ4n) is 2.17. The van der Waals surface area contributed by atoms with Gasteiger partial charge in [-0.3, -0.25) is 9.59 Å². The van der Waals surface area contributed by atoms with Gasteiger partial charge in [0.2, 0.25) is 0 Å². The lowest BCUT2D eigenvalue weighted by atomic mass is 10.2. The van der Waals surface area contributed by atoms with Crippen LogP contribution in [0.1, 0.15) is 23.0 Å². The van der Waals surface area contributed by atoms with Crippen LogP contribution in [0.15, 0.2) is 30.5 Å². The first kappa shape index (κ1) is 15.6. The minimum Gasteiger partial charge on any atom is -0.494 e. The van der Waals surface area contributed by atoms with E-state index in [0.29, 0.717) is 23.4 Å². The van der Waals surface area contributed by atoms with Gasteiger partial charge in [-0.1, -0.05) is 19.1 Å². The minimum atomic E-state index is -1.09. The summed E-state index contributed by atoms with van der Waals surface area (Å²) in [6.45, 7) is 1.47. The number of hydrogen-bond acceptors (Lipinski definition) is 4. The highest BCUT2D eigenvalue weighted by Gasteiger charge is 2.19. The second-order valence-electron chi connectivity index (χ2n) is 4.52. The highest BCUT2D eigenvalue weighted by molar-refractivity contribution is 5.96. The van der Waals surface area contributed by atoms with Gasteiger partial charge >= 0.3 is 5.97 Å². The molecule has 0 atom stereocenters. The standard InChI is InChI=1S/C15H17N3O4/c1-3-11-10(15(21)16-9-14(19)20)8-17-18(11)12-6-4-5-7-13(12)22-2/h4-8H,3,9H2,1-2H3,(H,16,21)(H,19,20). The van der Waals surface area contributed by atoms with E-state index < -0.39 is 18.4 Å². The van der Waals surface area contributed by atoms with Gasteiger partial charge in [-0.2, -0.15) is 5.10 Å². The number of aliphatic carboxylic acids is 1. The normalized spacial score (nSPS) is 10.3. The number of carbonyl (C=O) groups is 2. The highest BCUT2D eigenvalue weighted by atomic mass is 16.5. The topological polar surface area (TPSA) is 93.5 Å². The number of carboxylic acids is 1. The molecule has 2 aromatic rings. The van der Waals surface area contributed by atoms with E-state index >= 15 is 0 Å². The Morgan fingerprint density at radius 3 is 2.73 bits per heavy atom. The SMILES string of the molecule is CCc1c(C(=O)NCC(=O)O)cnn1-c1ccccc1OC. The van der Waals surface area contributed by atoms with Crippen molar-refractivity contribution in [3.05, 3.63) is 41.7 Å². The molecule has 1 aromatic heterocycles. The molecule has 0 saturated carbocycles. The van der Waals surface area contributed by atoms with E-state index in [-0.39, 0.29) is 0 Å². The number of ether oxygens (including phenoxy) is 1. The molecule has 7 heteroatoms. The fraction of sp³-hybridized carbons (Fsp3) is 0.267. The summed E-state index contributed by atoms with van der Waals surface area (Å²) in [5.74, 6) is -0.915. The van der Waals surface area contributed by atoms with Crippen LogP contribution in [0.25, 0.3) is 5.69 Å². The third-order valence-corrected chi connectivity index (χ3v) is 3.16. The fourth-order valence-corrected chi connectivity index (χ4v) is 2.17. The van der Waals surface area contributed by atoms with Crippen molar-refractivity contribution < 1.29 is 19.4 Å². The number of amides is 1. The van der Waals surface area contributed by atoms with Crippen LogP contribution in [0.4, 0.5) is 0 Å². The van der Waals surface area contributed by atoms with Crippen LogP contribution in [0.3, 0.4) is 0 Å². The molecule has 0 bridgehead atoms. The predicted octanol–water partition coefficient (Wildman–Crippen LogP) is 1.26. The molecule has 0 aliphatic rings. The molecule has 22 heavy (non-hydrogen) atoms. The Labute approximate surface area is 127 Å². The van der Waals surface area contributed by atoms with Crippen molar-refractivity contribution in [2.45, 2.75) is 13.3 Å². The third-order valence-electron chi connectivity index (χ3n) is 3.16. The average Bonchev–Trinajstić information content (AvgIpc) is 2.96. The summed E-state index contributed by atoms with van der Waals surface area (Å²) in [6, 6.07) is 7.34. The Bertz CT molecular complexity index is 694. The molecular formula is C15H17N3O4. The highest BCUT2D eigenvalue weighted by Crippen LogP contribution is 2.24. The summed E-state index contributed by atoms with van der Waals surface area (Å²) in [6.07, 6.45) is 2.00. The Morgan fingerprint density at radius 2 is 2.09 bits per heavy atom. The van der Waals surface area contributed by atoms with Gasteiger partial charge in [-0.05, 0) is 18.6 Å². The number of hydrogen-bond donors (Lipinski definition) is 2. The number of methoxy groups -OCH3 is 1. The van der Waals surface area contributed by atoms with Crippen LogP contribution in [0.2, 0.25) is 0 Å². The Kier molecular flexibility index (Phi) is 4.77. The van der Waals surface area contributed by atoms with Crippen molar-refractivity contribution in [2.75, 3.05) is 13.7 Å². The number of aromatic nitrogens is 2. The zero-order valence-corrected chi connectivity index (χ0v) is 12.4. The van der Waals surface area contributed by atoms with Crippen molar-refractivity contribution in [3.63, 3.8) is 0 Å². The van der Waals surface area contributed by atoms with Gasteiger partial charge in [0, 0.05) is 0 Å². The zero-order valence-electron chi connectivity index (χ0n) is 12.4. The minimum absolute atomic E-state index is 0.356. The van der Waals surface area contributed by atoms with Crippen molar-refractivity contribution in [3.8, 4) is 11.4 Å². The van der Waals surface area contributed by atoms with E-state index in [9.17, 15) is 9.59 Å². The van der Waals surface area contributed by atoms with Gasteiger partial charge in [0.15, 0.2) is 0 Å². The van der Waals surface area contributed by atoms with Gasteiger partial charge < -0.3 is 15.2 Å². The largest absolute Gasteiger partial charge is 0.494 e. The molecule has 2 N–H and O–H groups in total. The molecular weight excluding hydrogens is 286 g/mol. The van der Waals surface area contributed by atoms with Gasteiger partial charge in [0.05, 0.1) is 24.6 Å². The number of carbonyl (C=O) groups excluding carboxylic acids is 1. The maximum atomic E-state index is 12.1. The maximum Gasteiger partial charge on any atom is 0.322 e. The molecule has 2 rings (SSSR count). The van der Waals surface area contributed by atoms with Crippen LogP contribution < -0.4 is 10.1 Å². The molecule has 1 amide bonds. The van der Waals surface area contributed by atoms with E-state index in [2.05, 4.69) is 10.4 Å². The third kappa shape index (κ3) is 3.08. The van der Waals surface area contributed by atoms with Crippen molar-refractivity contribution >= 4 is 11.9 Å². The lowest BCUT2D eigenvalue weighted by molar-refractivity contribution is -0.135. The second-order valence-corrected chi connectivity index (χ2v) is 4.52. The molecule has 0 fully saturated rings. The van der Waals surface area contributed by atoms with E-state index in [1.807, 2.05) is 25.1 Å². The first-order valence-electron chi connectivity index (χ1n) is 6.78. The van der Waals surface area contributed by atoms with E-state index in [0.717, 1.165) is 5.69 Å². The summed E-state index contributed by atoms with van der Waals surface area (Å²) >= 11 is 0. The van der Waals surface area contributed by atoms with Crippen molar-refractivity contribution in [1.29, 1.82) is 0 Å². The maximum absolute atomic E-state index is 12.1. The lowest BCUT2D eigenvalue weighted by Crippen LogP contribution is -2.29. The van der Waals surface area contributed by atoms with Crippen LogP contribution in [0, 0.1) is 0 Å². The molecule has 0 unspecified atom stereocenters. The van der Waals surface area contributed by atoms with Crippen molar-refractivity contribution in [2.24, 2.45) is 0 Å². The van der Waals surface area contributed by atoms with Gasteiger partial charge in [-0.25, -0.2) is 4.68 Å². The zero-order chi connectivity index (χ0) is 16.1. The Balaban J connectivity index is 2.39. The number of para-hydroxylation sites is 2. The molecule has 1 heterocycles. The Hall–Kier alpha value is -2.83. The molecule has 0 spiro atoms. The summed E-state index contributed by atoms with van der Waals surface area (Å²) < 4.78 is 6.94. The molecule has 7 nitrogen and oxygen atoms in total. The first-order valence-corrected chi connectivity index (χ1v) is 6.78. The number of rotatable bonds is 6. The van der Waals surface area contributed by atoms with Gasteiger partial charge in [-0.15, -0.1) is 0 Å². The predicted molar refractivity (Wildman–Crippen MR) is 79.5 cm³/mol. The quantitative estimate of drug-likeness (QED) is 0.838. The average molecular weight is 303 g/mol. The molecule has 1 aromatic carbocycles. The van der Waals surface area contributed by atoms with E-state index in [1.165, 1.54) is 6.20 Å². The van der Waals surface area contributed by atoms with E-state index in [1.54, 1.807) is 17.9 Å².